The summed E-state index contributed by atoms with van der Waals surface area (Å²) in [5.41, 5.74) is 2.48. The standard InChI is InChI=1S/C14H20N2OS/c1-3-12(11-16-6-2-9-18-10-7-16)14-13(4-1)15-5-8-17-14/h1,3-4,15H,2,5-11H2. The molecule has 0 atom stereocenters. The first-order valence-corrected chi connectivity index (χ1v) is 7.87. The van der Waals surface area contributed by atoms with Crippen molar-refractivity contribution in [2.24, 2.45) is 0 Å². The second-order valence-corrected chi connectivity index (χ2v) is 6.04. The second-order valence-electron chi connectivity index (χ2n) is 4.81. The number of ether oxygens (including phenoxy) is 1. The molecule has 0 unspecified atom stereocenters. The third kappa shape index (κ3) is 2.75. The van der Waals surface area contributed by atoms with Gasteiger partial charge in [-0.3, -0.25) is 4.90 Å². The van der Waals surface area contributed by atoms with Gasteiger partial charge < -0.3 is 10.1 Å². The van der Waals surface area contributed by atoms with E-state index in [1.165, 1.54) is 36.6 Å². The number of anilines is 1. The highest BCUT2D eigenvalue weighted by Gasteiger charge is 2.16. The Bertz CT molecular complexity index is 403. The molecule has 18 heavy (non-hydrogen) atoms. The number of nitrogens with one attached hydrogen (secondary N) is 1. The Hall–Kier alpha value is -0.870. The fourth-order valence-electron chi connectivity index (χ4n) is 2.55. The molecule has 1 N–H and O–H groups in total. The Labute approximate surface area is 113 Å². The minimum absolute atomic E-state index is 0.778. The van der Waals surface area contributed by atoms with E-state index in [0.29, 0.717) is 0 Å². The van der Waals surface area contributed by atoms with Crippen molar-refractivity contribution in [1.29, 1.82) is 0 Å². The summed E-state index contributed by atoms with van der Waals surface area (Å²) >= 11 is 2.07. The van der Waals surface area contributed by atoms with Gasteiger partial charge in [0.05, 0.1) is 5.69 Å². The van der Waals surface area contributed by atoms with Crippen molar-refractivity contribution in [1.82, 2.24) is 4.90 Å². The molecule has 1 aromatic carbocycles. The Kier molecular flexibility index (Phi) is 3.96. The Morgan fingerprint density at radius 3 is 3.28 bits per heavy atom. The molecule has 2 aliphatic rings. The maximum Gasteiger partial charge on any atom is 0.146 e. The highest BCUT2D eigenvalue weighted by atomic mass is 32.2. The van der Waals surface area contributed by atoms with Gasteiger partial charge in [0.2, 0.25) is 0 Å². The lowest BCUT2D eigenvalue weighted by atomic mass is 10.1. The molecule has 1 fully saturated rings. The van der Waals surface area contributed by atoms with Gasteiger partial charge >= 0.3 is 0 Å². The summed E-state index contributed by atoms with van der Waals surface area (Å²) < 4.78 is 5.83. The van der Waals surface area contributed by atoms with E-state index in [9.17, 15) is 0 Å². The summed E-state index contributed by atoms with van der Waals surface area (Å²) in [6.07, 6.45) is 1.30. The number of para-hydroxylation sites is 1. The van der Waals surface area contributed by atoms with Crippen LogP contribution in [0.4, 0.5) is 5.69 Å². The van der Waals surface area contributed by atoms with E-state index in [1.54, 1.807) is 0 Å². The molecule has 0 aromatic heterocycles. The van der Waals surface area contributed by atoms with Crippen LogP contribution >= 0.6 is 11.8 Å². The number of nitrogens with zero attached hydrogens (tertiary/aromatic N) is 1. The second kappa shape index (κ2) is 5.85. The number of rotatable bonds is 2. The Morgan fingerprint density at radius 1 is 1.28 bits per heavy atom. The number of hydrogen-bond acceptors (Lipinski definition) is 4. The van der Waals surface area contributed by atoms with E-state index in [-0.39, 0.29) is 0 Å². The summed E-state index contributed by atoms with van der Waals surface area (Å²) in [5, 5.41) is 3.40. The molecule has 0 bridgehead atoms. The van der Waals surface area contributed by atoms with Crippen LogP contribution in [0.15, 0.2) is 18.2 Å². The fourth-order valence-corrected chi connectivity index (χ4v) is 3.48. The lowest BCUT2D eigenvalue weighted by molar-refractivity contribution is 0.272. The molecular formula is C14H20N2OS. The number of fused-ring (bicyclic) bond motifs is 1. The summed E-state index contributed by atoms with van der Waals surface area (Å²) in [7, 11) is 0. The van der Waals surface area contributed by atoms with Gasteiger partial charge in [0.25, 0.3) is 0 Å². The van der Waals surface area contributed by atoms with Crippen LogP contribution in [0, 0.1) is 0 Å². The van der Waals surface area contributed by atoms with Gasteiger partial charge in [0.15, 0.2) is 0 Å². The third-order valence-electron chi connectivity index (χ3n) is 3.47. The molecule has 1 aromatic rings. The third-order valence-corrected chi connectivity index (χ3v) is 4.52. The Morgan fingerprint density at radius 2 is 2.28 bits per heavy atom. The van der Waals surface area contributed by atoms with Crippen molar-refractivity contribution in [3.05, 3.63) is 23.8 Å². The van der Waals surface area contributed by atoms with Crippen LogP contribution in [0.1, 0.15) is 12.0 Å². The highest BCUT2D eigenvalue weighted by Crippen LogP contribution is 2.32. The smallest absolute Gasteiger partial charge is 0.146 e. The maximum atomic E-state index is 5.83. The van der Waals surface area contributed by atoms with Crippen LogP contribution in [-0.2, 0) is 6.54 Å². The molecule has 4 heteroatoms. The van der Waals surface area contributed by atoms with Gasteiger partial charge in [0, 0.05) is 31.0 Å². The summed E-state index contributed by atoms with van der Waals surface area (Å²) in [5.74, 6) is 3.64. The van der Waals surface area contributed by atoms with Crippen LogP contribution < -0.4 is 10.1 Å². The summed E-state index contributed by atoms with van der Waals surface area (Å²) in [6, 6.07) is 6.43. The van der Waals surface area contributed by atoms with Gasteiger partial charge in [-0.05, 0) is 24.8 Å². The first-order chi connectivity index (χ1) is 8.93. The van der Waals surface area contributed by atoms with Crippen molar-refractivity contribution >= 4 is 17.4 Å². The normalized spacial score (nSPS) is 20.4. The first kappa shape index (κ1) is 12.2. The summed E-state index contributed by atoms with van der Waals surface area (Å²) in [4.78, 5) is 2.55. The zero-order valence-electron chi connectivity index (χ0n) is 10.7. The average molecular weight is 264 g/mol. The highest BCUT2D eigenvalue weighted by molar-refractivity contribution is 7.99. The predicted octanol–water partition coefficient (Wildman–Crippen LogP) is 2.43. The zero-order chi connectivity index (χ0) is 12.2. The molecule has 2 aliphatic heterocycles. The average Bonchev–Trinajstić information content (AvgIpc) is 2.68. The van der Waals surface area contributed by atoms with Crippen LogP contribution in [0.3, 0.4) is 0 Å². The molecule has 0 spiro atoms. The van der Waals surface area contributed by atoms with Crippen molar-refractivity contribution in [2.45, 2.75) is 13.0 Å². The van der Waals surface area contributed by atoms with E-state index >= 15 is 0 Å². The van der Waals surface area contributed by atoms with Crippen LogP contribution in [0.2, 0.25) is 0 Å². The molecule has 98 valence electrons. The van der Waals surface area contributed by atoms with Crippen molar-refractivity contribution < 1.29 is 4.74 Å². The van der Waals surface area contributed by atoms with Gasteiger partial charge in [-0.15, -0.1) is 0 Å². The van der Waals surface area contributed by atoms with Crippen LogP contribution in [0.5, 0.6) is 5.75 Å². The molecule has 3 rings (SSSR count). The van der Waals surface area contributed by atoms with Gasteiger partial charge in [-0.25, -0.2) is 0 Å². The van der Waals surface area contributed by atoms with E-state index in [1.807, 2.05) is 0 Å². The van der Waals surface area contributed by atoms with Crippen molar-refractivity contribution in [3.8, 4) is 5.75 Å². The zero-order valence-corrected chi connectivity index (χ0v) is 11.5. The van der Waals surface area contributed by atoms with Gasteiger partial charge in [0.1, 0.15) is 12.4 Å². The number of benzene rings is 1. The van der Waals surface area contributed by atoms with E-state index in [2.05, 4.69) is 40.2 Å². The molecule has 1 saturated heterocycles. The molecule has 0 saturated carbocycles. The topological polar surface area (TPSA) is 24.5 Å². The number of hydrogen-bond donors (Lipinski definition) is 1. The quantitative estimate of drug-likeness (QED) is 0.886. The SMILES string of the molecule is c1cc(CN2CCCSCC2)c2c(c1)NCCO2. The number of thioether (sulfide) groups is 1. The first-order valence-electron chi connectivity index (χ1n) is 6.72. The van der Waals surface area contributed by atoms with Crippen molar-refractivity contribution in [3.63, 3.8) is 0 Å². The monoisotopic (exact) mass is 264 g/mol. The minimum atomic E-state index is 0.778. The molecule has 3 nitrogen and oxygen atoms in total. The lowest BCUT2D eigenvalue weighted by Gasteiger charge is -2.25. The van der Waals surface area contributed by atoms with E-state index < -0.39 is 0 Å². The molecule has 0 aliphatic carbocycles. The largest absolute Gasteiger partial charge is 0.489 e. The van der Waals surface area contributed by atoms with Crippen LogP contribution in [-0.4, -0.2) is 42.6 Å². The van der Waals surface area contributed by atoms with Crippen LogP contribution in [0.25, 0.3) is 0 Å². The maximum absolute atomic E-state index is 5.83. The van der Waals surface area contributed by atoms with Gasteiger partial charge in [-0.1, -0.05) is 12.1 Å². The van der Waals surface area contributed by atoms with Gasteiger partial charge in [-0.2, -0.15) is 11.8 Å². The van der Waals surface area contributed by atoms with Crippen molar-refractivity contribution in [2.75, 3.05) is 43.1 Å². The fraction of sp³-hybridized carbons (Fsp3) is 0.571. The Balaban J connectivity index is 1.75. The minimum Gasteiger partial charge on any atom is -0.489 e. The van der Waals surface area contributed by atoms with E-state index in [0.717, 1.165) is 31.1 Å². The summed E-state index contributed by atoms with van der Waals surface area (Å²) in [6.45, 7) is 5.12. The molecule has 2 heterocycles. The molecular weight excluding hydrogens is 244 g/mol. The molecule has 0 amide bonds. The van der Waals surface area contributed by atoms with E-state index in [4.69, 9.17) is 4.74 Å². The molecule has 0 radical (unpaired) electrons. The predicted molar refractivity (Wildman–Crippen MR) is 77.6 cm³/mol. The lowest BCUT2D eigenvalue weighted by Crippen LogP contribution is -2.27.